The quantitative estimate of drug-likeness (QED) is 0.316. The number of imidazole rings is 1. The minimum Gasteiger partial charge on any atom is -0.457 e. The number of aryl methyl sites for hydroxylation is 1. The molecule has 0 fully saturated rings. The molecule has 0 amide bonds. The fourth-order valence-electron chi connectivity index (χ4n) is 3.94. The highest BCUT2D eigenvalue weighted by molar-refractivity contribution is 5.84. The number of benzene rings is 3. The number of ether oxygens (including phenoxy) is 1. The van der Waals surface area contributed by atoms with Gasteiger partial charge in [-0.25, -0.2) is 4.98 Å². The van der Waals surface area contributed by atoms with Gasteiger partial charge in [-0.1, -0.05) is 48.5 Å². The minimum atomic E-state index is 0.0634. The van der Waals surface area contributed by atoms with Crippen molar-refractivity contribution in [3.05, 3.63) is 96.8 Å². The predicted molar refractivity (Wildman–Crippen MR) is 135 cm³/mol. The topological polar surface area (TPSA) is 69.0 Å². The minimum absolute atomic E-state index is 0.0634. The molecule has 6 nitrogen and oxygen atoms in total. The van der Waals surface area contributed by atoms with Crippen LogP contribution in [0.2, 0.25) is 0 Å². The molecule has 0 atom stereocenters. The number of nitrogens with zero attached hydrogens (tertiary/aromatic N) is 3. The van der Waals surface area contributed by atoms with Crippen molar-refractivity contribution in [3.8, 4) is 22.6 Å². The average molecular weight is 449 g/mol. The first-order valence-electron chi connectivity index (χ1n) is 11.1. The van der Waals surface area contributed by atoms with E-state index in [4.69, 9.17) is 9.72 Å². The van der Waals surface area contributed by atoms with Gasteiger partial charge in [-0.15, -0.1) is 0 Å². The van der Waals surface area contributed by atoms with Gasteiger partial charge < -0.3 is 14.6 Å². The molecular weight excluding hydrogens is 424 g/mol. The highest BCUT2D eigenvalue weighted by atomic mass is 16.5. The molecule has 6 heteroatoms. The van der Waals surface area contributed by atoms with Crippen molar-refractivity contribution in [3.63, 3.8) is 0 Å². The number of rotatable bonds is 7. The lowest BCUT2D eigenvalue weighted by Crippen LogP contribution is -2.00. The molecule has 1 N–H and O–H groups in total. The standard InChI is InChI=1S/C28H24N4O2/c1-19(33)16-21-17-23(14-15-29-21)34-22-12-13-27-26(18-22)31-28(32(27)2)30-25-11-7-6-10-24(25)20-8-4-3-5-9-20/h3-15,17-18H,16H2,1-2H3,(H,30,31). The van der Waals surface area contributed by atoms with Crippen LogP contribution in [-0.4, -0.2) is 20.3 Å². The molecule has 0 aliphatic rings. The normalized spacial score (nSPS) is 10.9. The van der Waals surface area contributed by atoms with E-state index >= 15 is 0 Å². The molecule has 2 aromatic heterocycles. The lowest BCUT2D eigenvalue weighted by atomic mass is 10.0. The van der Waals surface area contributed by atoms with Crippen molar-refractivity contribution in [2.24, 2.45) is 7.05 Å². The maximum atomic E-state index is 11.4. The van der Waals surface area contributed by atoms with E-state index in [1.807, 2.05) is 60.1 Å². The summed E-state index contributed by atoms with van der Waals surface area (Å²) in [4.78, 5) is 20.4. The number of nitrogens with one attached hydrogen (secondary N) is 1. The van der Waals surface area contributed by atoms with Crippen molar-refractivity contribution in [1.29, 1.82) is 0 Å². The lowest BCUT2D eigenvalue weighted by molar-refractivity contribution is -0.116. The number of carbonyl (C=O) groups excluding carboxylic acids is 1. The van der Waals surface area contributed by atoms with Gasteiger partial charge in [0, 0.05) is 43.0 Å². The maximum Gasteiger partial charge on any atom is 0.208 e. The monoisotopic (exact) mass is 448 g/mol. The van der Waals surface area contributed by atoms with E-state index in [-0.39, 0.29) is 12.2 Å². The third-order valence-corrected chi connectivity index (χ3v) is 5.56. The maximum absolute atomic E-state index is 11.4. The van der Waals surface area contributed by atoms with Crippen molar-refractivity contribution >= 4 is 28.5 Å². The molecule has 0 bridgehead atoms. The molecule has 2 heterocycles. The number of anilines is 2. The first-order valence-corrected chi connectivity index (χ1v) is 11.1. The van der Waals surface area contributed by atoms with E-state index in [1.165, 1.54) is 0 Å². The first-order chi connectivity index (χ1) is 16.6. The van der Waals surface area contributed by atoms with Gasteiger partial charge >= 0.3 is 0 Å². The van der Waals surface area contributed by atoms with Crippen molar-refractivity contribution in [2.45, 2.75) is 13.3 Å². The van der Waals surface area contributed by atoms with E-state index in [1.54, 1.807) is 25.3 Å². The van der Waals surface area contributed by atoms with Crippen LogP contribution in [0.3, 0.4) is 0 Å². The Labute approximate surface area is 197 Å². The van der Waals surface area contributed by atoms with Crippen LogP contribution in [0.15, 0.2) is 91.1 Å². The number of ketones is 1. The molecular formula is C28H24N4O2. The molecule has 0 aliphatic carbocycles. The Bertz CT molecular complexity index is 1470. The molecule has 34 heavy (non-hydrogen) atoms. The van der Waals surface area contributed by atoms with Crippen LogP contribution in [0.25, 0.3) is 22.2 Å². The number of hydrogen-bond donors (Lipinski definition) is 1. The lowest BCUT2D eigenvalue weighted by Gasteiger charge is -2.12. The van der Waals surface area contributed by atoms with Crippen LogP contribution < -0.4 is 10.1 Å². The Kier molecular flexibility index (Phi) is 5.79. The van der Waals surface area contributed by atoms with Crippen LogP contribution in [-0.2, 0) is 18.3 Å². The summed E-state index contributed by atoms with van der Waals surface area (Å²) in [6.45, 7) is 1.55. The van der Waals surface area contributed by atoms with Gasteiger partial charge in [-0.3, -0.25) is 9.78 Å². The average Bonchev–Trinajstić information content (AvgIpc) is 3.14. The zero-order chi connectivity index (χ0) is 23.5. The number of aromatic nitrogens is 3. The second-order valence-electron chi connectivity index (χ2n) is 8.15. The molecule has 168 valence electrons. The molecule has 0 saturated heterocycles. The summed E-state index contributed by atoms with van der Waals surface area (Å²) in [6.07, 6.45) is 1.94. The van der Waals surface area contributed by atoms with E-state index in [2.05, 4.69) is 34.6 Å². The van der Waals surface area contributed by atoms with Crippen LogP contribution in [0, 0.1) is 0 Å². The Balaban J connectivity index is 1.43. The van der Waals surface area contributed by atoms with Crippen molar-refractivity contribution < 1.29 is 9.53 Å². The largest absolute Gasteiger partial charge is 0.457 e. The Morgan fingerprint density at radius 3 is 2.53 bits per heavy atom. The third kappa shape index (κ3) is 4.52. The fourth-order valence-corrected chi connectivity index (χ4v) is 3.94. The summed E-state index contributed by atoms with van der Waals surface area (Å²) >= 11 is 0. The molecule has 0 spiro atoms. The Morgan fingerprint density at radius 1 is 0.941 bits per heavy atom. The van der Waals surface area contributed by atoms with Gasteiger partial charge in [0.15, 0.2) is 0 Å². The van der Waals surface area contributed by atoms with Crippen molar-refractivity contribution in [1.82, 2.24) is 14.5 Å². The summed E-state index contributed by atoms with van der Waals surface area (Å²) in [6, 6.07) is 27.9. The molecule has 0 radical (unpaired) electrons. The second-order valence-corrected chi connectivity index (χ2v) is 8.15. The molecule has 0 saturated carbocycles. The smallest absolute Gasteiger partial charge is 0.208 e. The SMILES string of the molecule is CC(=O)Cc1cc(Oc2ccc3c(c2)nc(Nc2ccccc2-c2ccccc2)n3C)ccn1. The van der Waals surface area contributed by atoms with Gasteiger partial charge in [0.2, 0.25) is 5.95 Å². The third-order valence-electron chi connectivity index (χ3n) is 5.56. The second kappa shape index (κ2) is 9.19. The molecule has 3 aromatic carbocycles. The summed E-state index contributed by atoms with van der Waals surface area (Å²) in [5.74, 6) is 2.11. The first kappa shape index (κ1) is 21.4. The van der Waals surface area contributed by atoms with Crippen molar-refractivity contribution in [2.75, 3.05) is 5.32 Å². The summed E-state index contributed by atoms with van der Waals surface area (Å²) in [5.41, 5.74) is 5.72. The fraction of sp³-hybridized carbons (Fsp3) is 0.107. The van der Waals surface area contributed by atoms with Crippen LogP contribution in [0.1, 0.15) is 12.6 Å². The van der Waals surface area contributed by atoms with E-state index in [0.717, 1.165) is 33.8 Å². The van der Waals surface area contributed by atoms with Gasteiger partial charge in [0.05, 0.1) is 16.7 Å². The van der Waals surface area contributed by atoms with E-state index in [9.17, 15) is 4.79 Å². The highest BCUT2D eigenvalue weighted by Crippen LogP contribution is 2.32. The summed E-state index contributed by atoms with van der Waals surface area (Å²) < 4.78 is 8.06. The molecule has 0 aliphatic heterocycles. The van der Waals surface area contributed by atoms with Crippen LogP contribution in [0.5, 0.6) is 11.5 Å². The zero-order valence-corrected chi connectivity index (χ0v) is 19.0. The van der Waals surface area contributed by atoms with Gasteiger partial charge in [-0.05, 0) is 36.8 Å². The number of fused-ring (bicyclic) bond motifs is 1. The number of pyridine rings is 1. The van der Waals surface area contributed by atoms with Crippen LogP contribution >= 0.6 is 0 Å². The van der Waals surface area contributed by atoms with E-state index in [0.29, 0.717) is 17.2 Å². The number of para-hydroxylation sites is 1. The summed E-state index contributed by atoms with van der Waals surface area (Å²) in [5, 5.41) is 3.49. The predicted octanol–water partition coefficient (Wildman–Crippen LogP) is 6.30. The molecule has 5 rings (SSSR count). The van der Waals surface area contributed by atoms with Crippen LogP contribution in [0.4, 0.5) is 11.6 Å². The molecule has 0 unspecified atom stereocenters. The molecule has 5 aromatic rings. The number of carbonyl (C=O) groups is 1. The number of Topliss-reactive ketones (excluding diaryl/α,β-unsaturated/α-hetero) is 1. The highest BCUT2D eigenvalue weighted by Gasteiger charge is 2.12. The van der Waals surface area contributed by atoms with Gasteiger partial charge in [0.25, 0.3) is 0 Å². The number of hydrogen-bond acceptors (Lipinski definition) is 5. The Morgan fingerprint density at radius 2 is 1.71 bits per heavy atom. The summed E-state index contributed by atoms with van der Waals surface area (Å²) in [7, 11) is 1.99. The zero-order valence-electron chi connectivity index (χ0n) is 19.0. The van der Waals surface area contributed by atoms with Gasteiger partial charge in [-0.2, -0.15) is 0 Å². The van der Waals surface area contributed by atoms with Gasteiger partial charge in [0.1, 0.15) is 17.3 Å². The van der Waals surface area contributed by atoms with E-state index < -0.39 is 0 Å². The Hall–Kier alpha value is -4.45.